The Bertz CT molecular complexity index is 1380. The van der Waals surface area contributed by atoms with Crippen LogP contribution < -0.4 is 11.1 Å². The van der Waals surface area contributed by atoms with E-state index in [0.717, 1.165) is 67.1 Å². The van der Waals surface area contributed by atoms with E-state index in [0.29, 0.717) is 5.56 Å². The van der Waals surface area contributed by atoms with E-state index in [4.69, 9.17) is 5.73 Å². The highest BCUT2D eigenvalue weighted by atomic mass is 16.1. The van der Waals surface area contributed by atoms with Crippen molar-refractivity contribution in [2.75, 3.05) is 18.4 Å². The SMILES string of the molecule is Cc1cn(-c2cc(CN3CCC[C@H](N)C3)cc(NC(=O)c3ccc(C)c(Cc4ccccc4)c3)c2)cn1. The number of aryl methyl sites for hydroxylation is 2. The van der Waals surface area contributed by atoms with Crippen molar-refractivity contribution in [2.45, 2.75) is 45.7 Å². The summed E-state index contributed by atoms with van der Waals surface area (Å²) in [4.78, 5) is 20.2. The molecule has 3 N–H and O–H groups in total. The molecule has 0 unspecified atom stereocenters. The molecule has 190 valence electrons. The molecule has 1 atom stereocenters. The van der Waals surface area contributed by atoms with E-state index in [1.54, 1.807) is 0 Å². The van der Waals surface area contributed by atoms with Gasteiger partial charge in [-0.15, -0.1) is 0 Å². The number of likely N-dealkylation sites (tertiary alicyclic amines) is 1. The van der Waals surface area contributed by atoms with E-state index < -0.39 is 0 Å². The van der Waals surface area contributed by atoms with Crippen LogP contribution in [-0.2, 0) is 13.0 Å². The van der Waals surface area contributed by atoms with Gasteiger partial charge in [0.25, 0.3) is 5.91 Å². The number of imidazole rings is 1. The summed E-state index contributed by atoms with van der Waals surface area (Å²) in [5.74, 6) is -0.112. The van der Waals surface area contributed by atoms with Crippen LogP contribution in [0.5, 0.6) is 0 Å². The van der Waals surface area contributed by atoms with Gasteiger partial charge in [0, 0.05) is 42.3 Å². The summed E-state index contributed by atoms with van der Waals surface area (Å²) in [5.41, 5.74) is 14.3. The van der Waals surface area contributed by atoms with Gasteiger partial charge in [-0.1, -0.05) is 36.4 Å². The summed E-state index contributed by atoms with van der Waals surface area (Å²) in [6, 6.07) is 22.8. The fourth-order valence-corrected chi connectivity index (χ4v) is 5.06. The monoisotopic (exact) mass is 493 g/mol. The number of aromatic nitrogens is 2. The predicted molar refractivity (Wildman–Crippen MR) is 149 cm³/mol. The van der Waals surface area contributed by atoms with Crippen LogP contribution in [0.3, 0.4) is 0 Å². The number of benzene rings is 3. The van der Waals surface area contributed by atoms with Gasteiger partial charge in [0.05, 0.1) is 12.0 Å². The van der Waals surface area contributed by atoms with Crippen molar-refractivity contribution in [2.24, 2.45) is 5.73 Å². The molecule has 1 aromatic heterocycles. The van der Waals surface area contributed by atoms with Crippen LogP contribution in [0, 0.1) is 13.8 Å². The lowest BCUT2D eigenvalue weighted by Gasteiger charge is -2.30. The summed E-state index contributed by atoms with van der Waals surface area (Å²) >= 11 is 0. The average molecular weight is 494 g/mol. The first-order chi connectivity index (χ1) is 17.9. The van der Waals surface area contributed by atoms with Crippen molar-refractivity contribution in [3.05, 3.63) is 113 Å². The van der Waals surface area contributed by atoms with E-state index in [-0.39, 0.29) is 11.9 Å². The van der Waals surface area contributed by atoms with Gasteiger partial charge >= 0.3 is 0 Å². The first kappa shape index (κ1) is 24.9. The molecule has 1 aliphatic heterocycles. The second kappa shape index (κ2) is 11.1. The first-order valence-electron chi connectivity index (χ1n) is 13.0. The van der Waals surface area contributed by atoms with E-state index >= 15 is 0 Å². The zero-order chi connectivity index (χ0) is 25.8. The van der Waals surface area contributed by atoms with Crippen LogP contribution in [0.1, 0.15) is 51.1 Å². The minimum atomic E-state index is -0.112. The molecule has 1 aliphatic rings. The Labute approximate surface area is 219 Å². The number of nitrogens with zero attached hydrogens (tertiary/aromatic N) is 3. The standard InChI is InChI=1S/C31H35N5O/c1-22-10-11-26(16-27(22)13-24-7-4-3-5-8-24)31(37)34-29-14-25(19-35-12-6-9-28(32)20-35)15-30(17-29)36-18-23(2)33-21-36/h3-5,7-8,10-11,14-18,21,28H,6,9,12-13,19-20,32H2,1-2H3,(H,34,37)/t28-/m0/s1. The lowest BCUT2D eigenvalue weighted by Crippen LogP contribution is -2.42. The zero-order valence-corrected chi connectivity index (χ0v) is 21.7. The van der Waals surface area contributed by atoms with Gasteiger partial charge in [0.2, 0.25) is 0 Å². The third-order valence-electron chi connectivity index (χ3n) is 7.04. The second-order valence-corrected chi connectivity index (χ2v) is 10.2. The maximum Gasteiger partial charge on any atom is 0.255 e. The molecule has 1 fully saturated rings. The topological polar surface area (TPSA) is 76.2 Å². The van der Waals surface area contributed by atoms with Crippen LogP contribution in [0.4, 0.5) is 5.69 Å². The number of rotatable bonds is 7. The molecule has 6 heteroatoms. The van der Waals surface area contributed by atoms with Crippen molar-refractivity contribution in [1.29, 1.82) is 0 Å². The first-order valence-corrected chi connectivity index (χ1v) is 13.0. The van der Waals surface area contributed by atoms with Crippen LogP contribution in [-0.4, -0.2) is 39.5 Å². The number of anilines is 1. The third-order valence-corrected chi connectivity index (χ3v) is 7.04. The number of nitrogens with one attached hydrogen (secondary N) is 1. The molecule has 3 aromatic carbocycles. The van der Waals surface area contributed by atoms with E-state index in [1.807, 2.05) is 66.5 Å². The normalized spacial score (nSPS) is 16.0. The molecule has 2 heterocycles. The molecule has 1 saturated heterocycles. The minimum absolute atomic E-state index is 0.112. The Hall–Kier alpha value is -3.74. The molecular formula is C31H35N5O. The van der Waals surface area contributed by atoms with E-state index in [2.05, 4.69) is 46.4 Å². The van der Waals surface area contributed by atoms with Gasteiger partial charge in [-0.2, -0.15) is 0 Å². The highest BCUT2D eigenvalue weighted by Gasteiger charge is 2.18. The number of hydrogen-bond donors (Lipinski definition) is 2. The number of carbonyl (C=O) groups excluding carboxylic acids is 1. The maximum atomic E-state index is 13.4. The van der Waals surface area contributed by atoms with Gasteiger partial charge < -0.3 is 15.6 Å². The van der Waals surface area contributed by atoms with Crippen molar-refractivity contribution in [3.63, 3.8) is 0 Å². The fourth-order valence-electron chi connectivity index (χ4n) is 5.06. The third kappa shape index (κ3) is 6.34. The van der Waals surface area contributed by atoms with E-state index in [9.17, 15) is 4.79 Å². The number of nitrogens with two attached hydrogens (primary N) is 1. The van der Waals surface area contributed by atoms with Crippen molar-refractivity contribution < 1.29 is 4.79 Å². The quantitative estimate of drug-likeness (QED) is 0.368. The minimum Gasteiger partial charge on any atom is -0.327 e. The largest absolute Gasteiger partial charge is 0.327 e. The Morgan fingerprint density at radius 1 is 1.05 bits per heavy atom. The molecule has 0 saturated carbocycles. The Morgan fingerprint density at radius 3 is 2.65 bits per heavy atom. The average Bonchev–Trinajstić information content (AvgIpc) is 3.32. The van der Waals surface area contributed by atoms with Gasteiger partial charge in [0.15, 0.2) is 0 Å². The fraction of sp³-hybridized carbons (Fsp3) is 0.290. The predicted octanol–water partition coefficient (Wildman–Crippen LogP) is 5.26. The molecule has 1 amide bonds. The zero-order valence-electron chi connectivity index (χ0n) is 21.7. The van der Waals surface area contributed by atoms with Crippen LogP contribution >= 0.6 is 0 Å². The summed E-state index contributed by atoms with van der Waals surface area (Å²) in [6.45, 7) is 6.79. The van der Waals surface area contributed by atoms with Crippen LogP contribution in [0.2, 0.25) is 0 Å². The van der Waals surface area contributed by atoms with Crippen molar-refractivity contribution in [1.82, 2.24) is 14.5 Å². The van der Waals surface area contributed by atoms with Gasteiger partial charge in [-0.3, -0.25) is 9.69 Å². The smallest absolute Gasteiger partial charge is 0.255 e. The molecule has 0 aliphatic carbocycles. The number of carbonyl (C=O) groups is 1. The Morgan fingerprint density at radius 2 is 1.89 bits per heavy atom. The molecule has 0 radical (unpaired) electrons. The second-order valence-electron chi connectivity index (χ2n) is 10.2. The summed E-state index contributed by atoms with van der Waals surface area (Å²) in [6.07, 6.45) is 6.80. The molecular weight excluding hydrogens is 458 g/mol. The van der Waals surface area contributed by atoms with E-state index in [1.165, 1.54) is 11.1 Å². The molecule has 6 nitrogen and oxygen atoms in total. The molecule has 5 rings (SSSR count). The lowest BCUT2D eigenvalue weighted by atomic mass is 9.98. The van der Waals surface area contributed by atoms with Crippen LogP contribution in [0.25, 0.3) is 5.69 Å². The molecule has 37 heavy (non-hydrogen) atoms. The number of hydrogen-bond acceptors (Lipinski definition) is 4. The van der Waals surface area contributed by atoms with Crippen LogP contribution in [0.15, 0.2) is 79.3 Å². The van der Waals surface area contributed by atoms with Crippen molar-refractivity contribution in [3.8, 4) is 5.69 Å². The Kier molecular flexibility index (Phi) is 7.49. The Balaban J connectivity index is 1.40. The molecule has 4 aromatic rings. The lowest BCUT2D eigenvalue weighted by molar-refractivity contribution is 0.102. The van der Waals surface area contributed by atoms with Gasteiger partial charge in [0.1, 0.15) is 0 Å². The highest BCUT2D eigenvalue weighted by Crippen LogP contribution is 2.23. The number of piperidine rings is 1. The maximum absolute atomic E-state index is 13.4. The molecule has 0 spiro atoms. The summed E-state index contributed by atoms with van der Waals surface area (Å²) < 4.78 is 2.00. The van der Waals surface area contributed by atoms with Gasteiger partial charge in [-0.25, -0.2) is 4.98 Å². The summed E-state index contributed by atoms with van der Waals surface area (Å²) in [7, 11) is 0. The highest BCUT2D eigenvalue weighted by molar-refractivity contribution is 6.04. The molecule has 0 bridgehead atoms. The van der Waals surface area contributed by atoms with Crippen molar-refractivity contribution >= 4 is 11.6 Å². The van der Waals surface area contributed by atoms with Gasteiger partial charge in [-0.05, 0) is 92.2 Å². The summed E-state index contributed by atoms with van der Waals surface area (Å²) in [5, 5.41) is 3.16. The number of amides is 1.